The Morgan fingerprint density at radius 1 is 1.50 bits per heavy atom. The number of aromatic nitrogens is 2. The van der Waals surface area contributed by atoms with Crippen LogP contribution in [0, 0.1) is 11.8 Å². The van der Waals surface area contributed by atoms with Gasteiger partial charge in [0.05, 0.1) is 11.8 Å². The summed E-state index contributed by atoms with van der Waals surface area (Å²) in [5.74, 6) is 1.19. The summed E-state index contributed by atoms with van der Waals surface area (Å²) >= 11 is 6.30. The van der Waals surface area contributed by atoms with Crippen molar-refractivity contribution in [1.29, 1.82) is 0 Å². The van der Waals surface area contributed by atoms with Gasteiger partial charge in [-0.3, -0.25) is 4.68 Å². The van der Waals surface area contributed by atoms with E-state index in [1.54, 1.807) is 4.68 Å². The molecular weight excluding hydrogens is 274 g/mol. The third-order valence-electron chi connectivity index (χ3n) is 4.12. The highest BCUT2D eigenvalue weighted by Gasteiger charge is 2.30. The van der Waals surface area contributed by atoms with Crippen LogP contribution in [0.3, 0.4) is 0 Å². The predicted molar refractivity (Wildman–Crippen MR) is 82.0 cm³/mol. The number of hydrogen-bond donors (Lipinski definition) is 1. The Kier molecular flexibility index (Phi) is 5.47. The molecule has 2 atom stereocenters. The highest BCUT2D eigenvalue weighted by Crippen LogP contribution is 2.26. The number of hydrogen-bond acceptors (Lipinski definition) is 3. The van der Waals surface area contributed by atoms with E-state index in [2.05, 4.69) is 31.2 Å². The van der Waals surface area contributed by atoms with Crippen LogP contribution in [-0.2, 0) is 24.8 Å². The Morgan fingerprint density at radius 2 is 2.25 bits per heavy atom. The van der Waals surface area contributed by atoms with Gasteiger partial charge in [-0.15, -0.1) is 0 Å². The number of halogens is 1. The normalized spacial score (nSPS) is 22.9. The molecule has 1 N–H and O–H groups in total. The van der Waals surface area contributed by atoms with E-state index in [0.717, 1.165) is 48.9 Å². The van der Waals surface area contributed by atoms with Gasteiger partial charge in [0, 0.05) is 32.3 Å². The molecule has 0 bridgehead atoms. The van der Waals surface area contributed by atoms with Crippen LogP contribution < -0.4 is 5.32 Å². The van der Waals surface area contributed by atoms with Crippen LogP contribution in [-0.4, -0.2) is 29.0 Å². The van der Waals surface area contributed by atoms with Gasteiger partial charge in [0.25, 0.3) is 0 Å². The molecule has 1 aromatic rings. The molecule has 0 amide bonds. The average Bonchev–Trinajstić information content (AvgIpc) is 2.98. The van der Waals surface area contributed by atoms with E-state index in [1.165, 1.54) is 0 Å². The van der Waals surface area contributed by atoms with Crippen LogP contribution in [0.25, 0.3) is 0 Å². The summed E-state index contributed by atoms with van der Waals surface area (Å²) in [6.45, 7) is 9.24. The smallest absolute Gasteiger partial charge is 0.131 e. The fourth-order valence-corrected chi connectivity index (χ4v) is 3.27. The minimum Gasteiger partial charge on any atom is -0.378 e. The van der Waals surface area contributed by atoms with Crippen molar-refractivity contribution in [3.63, 3.8) is 0 Å². The van der Waals surface area contributed by atoms with E-state index in [4.69, 9.17) is 16.3 Å². The summed E-state index contributed by atoms with van der Waals surface area (Å²) in [5.41, 5.74) is 2.23. The van der Waals surface area contributed by atoms with Crippen molar-refractivity contribution in [1.82, 2.24) is 15.1 Å². The summed E-state index contributed by atoms with van der Waals surface area (Å²) in [4.78, 5) is 0. The van der Waals surface area contributed by atoms with Crippen LogP contribution in [0.5, 0.6) is 0 Å². The average molecular weight is 300 g/mol. The summed E-state index contributed by atoms with van der Waals surface area (Å²) in [5, 5.41) is 8.73. The molecule has 5 heteroatoms. The lowest BCUT2D eigenvalue weighted by Crippen LogP contribution is -2.31. The zero-order valence-corrected chi connectivity index (χ0v) is 13.7. The maximum Gasteiger partial charge on any atom is 0.131 e. The van der Waals surface area contributed by atoms with Gasteiger partial charge in [0.2, 0.25) is 0 Å². The largest absolute Gasteiger partial charge is 0.378 e. The van der Waals surface area contributed by atoms with Gasteiger partial charge >= 0.3 is 0 Å². The van der Waals surface area contributed by atoms with Gasteiger partial charge in [-0.1, -0.05) is 32.4 Å². The molecule has 114 valence electrons. The SMILES string of the molecule is CCc1nn(C)c(Cl)c1CNC[C@H]1CCO[C@@H]1C(C)C. The molecule has 0 spiro atoms. The van der Waals surface area contributed by atoms with Gasteiger partial charge in [-0.2, -0.15) is 5.10 Å². The van der Waals surface area contributed by atoms with Gasteiger partial charge in [0.1, 0.15) is 5.15 Å². The van der Waals surface area contributed by atoms with E-state index in [-0.39, 0.29) is 0 Å². The molecule has 1 aliphatic rings. The fraction of sp³-hybridized carbons (Fsp3) is 0.800. The highest BCUT2D eigenvalue weighted by molar-refractivity contribution is 6.30. The predicted octanol–water partition coefficient (Wildman–Crippen LogP) is 2.79. The first-order valence-corrected chi connectivity index (χ1v) is 7.94. The van der Waals surface area contributed by atoms with Gasteiger partial charge in [-0.25, -0.2) is 0 Å². The first-order chi connectivity index (χ1) is 9.54. The minimum absolute atomic E-state index is 0.387. The van der Waals surface area contributed by atoms with Crippen LogP contribution in [0.15, 0.2) is 0 Å². The molecular formula is C15H26ClN3O. The second-order valence-corrected chi connectivity index (χ2v) is 6.31. The number of ether oxygens (including phenoxy) is 1. The summed E-state index contributed by atoms with van der Waals surface area (Å²) in [6.07, 6.45) is 2.45. The van der Waals surface area contributed by atoms with Crippen molar-refractivity contribution >= 4 is 11.6 Å². The van der Waals surface area contributed by atoms with E-state index in [9.17, 15) is 0 Å². The lowest BCUT2D eigenvalue weighted by atomic mass is 9.93. The van der Waals surface area contributed by atoms with E-state index < -0.39 is 0 Å². The van der Waals surface area contributed by atoms with Crippen LogP contribution in [0.1, 0.15) is 38.4 Å². The standard InChI is InChI=1S/C15H26ClN3O/c1-5-13-12(15(16)19(4)18-13)9-17-8-11-6-7-20-14(11)10(2)3/h10-11,14,17H,5-9H2,1-4H3/t11-,14-/m1/s1. The van der Waals surface area contributed by atoms with Crippen LogP contribution in [0.2, 0.25) is 5.15 Å². The Hall–Kier alpha value is -0.580. The van der Waals surface area contributed by atoms with Crippen molar-refractivity contribution < 1.29 is 4.74 Å². The third-order valence-corrected chi connectivity index (χ3v) is 4.59. The maximum absolute atomic E-state index is 6.30. The molecule has 0 aliphatic carbocycles. The second-order valence-electron chi connectivity index (χ2n) is 5.95. The van der Waals surface area contributed by atoms with Gasteiger partial charge in [-0.05, 0) is 24.7 Å². The summed E-state index contributed by atoms with van der Waals surface area (Å²) < 4.78 is 7.58. The maximum atomic E-state index is 6.30. The molecule has 4 nitrogen and oxygen atoms in total. The highest BCUT2D eigenvalue weighted by atomic mass is 35.5. The third kappa shape index (κ3) is 3.35. The molecule has 1 aromatic heterocycles. The van der Waals surface area contributed by atoms with E-state index in [0.29, 0.717) is 17.9 Å². The zero-order chi connectivity index (χ0) is 14.7. The fourth-order valence-electron chi connectivity index (χ4n) is 3.05. The quantitative estimate of drug-likeness (QED) is 0.878. The van der Waals surface area contributed by atoms with Crippen molar-refractivity contribution in [3.8, 4) is 0 Å². The number of nitrogens with one attached hydrogen (secondary N) is 1. The molecule has 0 radical (unpaired) electrons. The van der Waals surface area contributed by atoms with Crippen LogP contribution in [0.4, 0.5) is 0 Å². The molecule has 0 unspecified atom stereocenters. The number of rotatable bonds is 6. The molecule has 1 fully saturated rings. The monoisotopic (exact) mass is 299 g/mol. The molecule has 1 aliphatic heterocycles. The van der Waals surface area contributed by atoms with Crippen molar-refractivity contribution in [3.05, 3.63) is 16.4 Å². The molecule has 1 saturated heterocycles. The van der Waals surface area contributed by atoms with Crippen LogP contribution >= 0.6 is 11.6 Å². The molecule has 20 heavy (non-hydrogen) atoms. The zero-order valence-electron chi connectivity index (χ0n) is 12.9. The topological polar surface area (TPSA) is 39.1 Å². The van der Waals surface area contributed by atoms with E-state index in [1.807, 2.05) is 7.05 Å². The minimum atomic E-state index is 0.387. The van der Waals surface area contributed by atoms with Crippen molar-refractivity contribution in [2.75, 3.05) is 13.2 Å². The molecule has 0 aromatic carbocycles. The Morgan fingerprint density at radius 3 is 2.90 bits per heavy atom. The Balaban J connectivity index is 1.90. The van der Waals surface area contributed by atoms with Gasteiger partial charge < -0.3 is 10.1 Å². The first kappa shape index (κ1) is 15.8. The molecule has 2 rings (SSSR count). The van der Waals surface area contributed by atoms with Crippen molar-refractivity contribution in [2.45, 2.75) is 46.3 Å². The number of aryl methyl sites for hydroxylation is 2. The summed E-state index contributed by atoms with van der Waals surface area (Å²) in [7, 11) is 1.89. The molecule has 0 saturated carbocycles. The van der Waals surface area contributed by atoms with Gasteiger partial charge in [0.15, 0.2) is 0 Å². The van der Waals surface area contributed by atoms with E-state index >= 15 is 0 Å². The molecule has 2 heterocycles. The number of nitrogens with zero attached hydrogens (tertiary/aromatic N) is 2. The second kappa shape index (κ2) is 6.92. The lowest BCUT2D eigenvalue weighted by Gasteiger charge is -2.22. The van der Waals surface area contributed by atoms with Crippen molar-refractivity contribution in [2.24, 2.45) is 18.9 Å². The summed E-state index contributed by atoms with van der Waals surface area (Å²) in [6, 6.07) is 0. The Bertz CT molecular complexity index is 445. The first-order valence-electron chi connectivity index (χ1n) is 7.57. The Labute approximate surface area is 126 Å². The lowest BCUT2D eigenvalue weighted by molar-refractivity contribution is 0.0539.